The molecule has 0 amide bonds. The minimum Gasteiger partial charge on any atom is -0.480 e. The summed E-state index contributed by atoms with van der Waals surface area (Å²) in [4.78, 5) is 15.4. The van der Waals surface area contributed by atoms with Crippen LogP contribution in [0.5, 0.6) is 0 Å². The predicted octanol–water partition coefficient (Wildman–Crippen LogP) is 2.21. The molecule has 0 aliphatic rings. The summed E-state index contributed by atoms with van der Waals surface area (Å²) in [7, 11) is 1.86. The van der Waals surface area contributed by atoms with E-state index in [1.807, 2.05) is 48.1 Å². The molecule has 0 radical (unpaired) electrons. The van der Waals surface area contributed by atoms with Gasteiger partial charge in [-0.2, -0.15) is 0 Å². The molecule has 1 aromatic carbocycles. The molecule has 0 aliphatic heterocycles. The van der Waals surface area contributed by atoms with Gasteiger partial charge < -0.3 is 9.67 Å². The van der Waals surface area contributed by atoms with Gasteiger partial charge in [0.1, 0.15) is 5.25 Å². The maximum atomic E-state index is 11.3. The number of imidazole rings is 1. The van der Waals surface area contributed by atoms with Crippen LogP contribution in [0.3, 0.4) is 0 Å². The largest absolute Gasteiger partial charge is 0.480 e. The number of benzene rings is 1. The van der Waals surface area contributed by atoms with Gasteiger partial charge in [-0.15, -0.1) is 0 Å². The summed E-state index contributed by atoms with van der Waals surface area (Å²) in [5.41, 5.74) is 1.02. The summed E-state index contributed by atoms with van der Waals surface area (Å²) in [6, 6.07) is 9.63. The van der Waals surface area contributed by atoms with Crippen LogP contribution in [-0.4, -0.2) is 25.9 Å². The van der Waals surface area contributed by atoms with Crippen molar-refractivity contribution in [3.05, 3.63) is 48.3 Å². The first-order chi connectivity index (χ1) is 8.66. The fourth-order valence-electron chi connectivity index (χ4n) is 1.60. The molecule has 1 atom stereocenters. The van der Waals surface area contributed by atoms with Gasteiger partial charge in [0.15, 0.2) is 5.16 Å². The minimum atomic E-state index is -0.813. The smallest absolute Gasteiger partial charge is 0.317 e. The van der Waals surface area contributed by atoms with Gasteiger partial charge in [-0.1, -0.05) is 42.1 Å². The molecule has 1 aromatic heterocycles. The number of aryl methyl sites for hydroxylation is 1. The number of aliphatic carboxylic acids is 1. The molecule has 0 bridgehead atoms. The molecule has 1 N–H and O–H groups in total. The number of rotatable bonds is 5. The van der Waals surface area contributed by atoms with Crippen LogP contribution in [-0.2, 0) is 18.3 Å². The van der Waals surface area contributed by atoms with E-state index >= 15 is 0 Å². The molecule has 0 fully saturated rings. The molecular weight excluding hydrogens is 248 g/mol. The van der Waals surface area contributed by atoms with Crippen molar-refractivity contribution in [2.75, 3.05) is 0 Å². The van der Waals surface area contributed by atoms with Gasteiger partial charge in [0.25, 0.3) is 0 Å². The van der Waals surface area contributed by atoms with E-state index in [0.717, 1.165) is 10.7 Å². The van der Waals surface area contributed by atoms with Crippen LogP contribution in [0.2, 0.25) is 0 Å². The third kappa shape index (κ3) is 3.13. The number of carboxylic acids is 1. The van der Waals surface area contributed by atoms with Crippen molar-refractivity contribution < 1.29 is 9.90 Å². The molecule has 18 heavy (non-hydrogen) atoms. The molecule has 1 heterocycles. The van der Waals surface area contributed by atoms with Crippen molar-refractivity contribution in [1.82, 2.24) is 9.55 Å². The second-order valence-electron chi connectivity index (χ2n) is 3.96. The Labute approximate surface area is 110 Å². The third-order valence-electron chi connectivity index (χ3n) is 2.56. The Morgan fingerprint density at radius 3 is 2.72 bits per heavy atom. The van der Waals surface area contributed by atoms with Crippen molar-refractivity contribution in [2.45, 2.75) is 16.8 Å². The zero-order valence-corrected chi connectivity index (χ0v) is 10.8. The summed E-state index contributed by atoms with van der Waals surface area (Å²) < 4.78 is 1.82. The lowest BCUT2D eigenvalue weighted by atomic mass is 10.1. The van der Waals surface area contributed by atoms with E-state index in [-0.39, 0.29) is 0 Å². The monoisotopic (exact) mass is 262 g/mol. The predicted molar refractivity (Wildman–Crippen MR) is 70.6 cm³/mol. The lowest BCUT2D eigenvalue weighted by molar-refractivity contribution is -0.136. The highest BCUT2D eigenvalue weighted by molar-refractivity contribution is 8.00. The number of carbonyl (C=O) groups is 1. The van der Waals surface area contributed by atoms with Crippen LogP contribution < -0.4 is 0 Å². The average molecular weight is 262 g/mol. The quantitative estimate of drug-likeness (QED) is 0.839. The van der Waals surface area contributed by atoms with Gasteiger partial charge in [-0.05, 0) is 12.0 Å². The standard InChI is InChI=1S/C13H14N2O2S/c1-15-8-7-14-13(15)18-11(12(16)17)9-10-5-3-2-4-6-10/h2-8,11H,9H2,1H3,(H,16,17). The molecule has 5 heteroatoms. The lowest BCUT2D eigenvalue weighted by Gasteiger charge is -2.11. The van der Waals surface area contributed by atoms with Crippen LogP contribution in [0.25, 0.3) is 0 Å². The second-order valence-corrected chi connectivity index (χ2v) is 5.13. The van der Waals surface area contributed by atoms with Gasteiger partial charge in [-0.3, -0.25) is 4.79 Å². The molecule has 1 unspecified atom stereocenters. The van der Waals surface area contributed by atoms with Gasteiger partial charge >= 0.3 is 5.97 Å². The zero-order valence-electron chi connectivity index (χ0n) is 9.98. The number of hydrogen-bond donors (Lipinski definition) is 1. The van der Waals surface area contributed by atoms with Crippen molar-refractivity contribution in [3.8, 4) is 0 Å². The van der Waals surface area contributed by atoms with Crippen LogP contribution >= 0.6 is 11.8 Å². The van der Waals surface area contributed by atoms with Crippen LogP contribution in [0.4, 0.5) is 0 Å². The highest BCUT2D eigenvalue weighted by Crippen LogP contribution is 2.24. The van der Waals surface area contributed by atoms with Crippen molar-refractivity contribution in [2.24, 2.45) is 7.05 Å². The van der Waals surface area contributed by atoms with Crippen molar-refractivity contribution >= 4 is 17.7 Å². The Kier molecular flexibility index (Phi) is 4.04. The Hall–Kier alpha value is -1.75. The molecule has 2 rings (SSSR count). The third-order valence-corrected chi connectivity index (χ3v) is 3.82. The summed E-state index contributed by atoms with van der Waals surface area (Å²) in [6.45, 7) is 0. The molecule has 94 valence electrons. The van der Waals surface area contributed by atoms with Gasteiger partial charge in [-0.25, -0.2) is 4.98 Å². The average Bonchev–Trinajstić information content (AvgIpc) is 2.75. The van der Waals surface area contributed by atoms with Crippen molar-refractivity contribution in [1.29, 1.82) is 0 Å². The van der Waals surface area contributed by atoms with E-state index in [1.165, 1.54) is 11.8 Å². The maximum absolute atomic E-state index is 11.3. The van der Waals surface area contributed by atoms with E-state index in [2.05, 4.69) is 4.98 Å². The minimum absolute atomic E-state index is 0.494. The lowest BCUT2D eigenvalue weighted by Crippen LogP contribution is -2.19. The maximum Gasteiger partial charge on any atom is 0.317 e. The van der Waals surface area contributed by atoms with E-state index < -0.39 is 11.2 Å². The molecule has 0 saturated heterocycles. The number of hydrogen-bond acceptors (Lipinski definition) is 3. The molecule has 0 spiro atoms. The fraction of sp³-hybridized carbons (Fsp3) is 0.231. The van der Waals surface area contributed by atoms with Gasteiger partial charge in [0.2, 0.25) is 0 Å². The molecule has 2 aromatic rings. The first-order valence-electron chi connectivity index (χ1n) is 5.57. The Morgan fingerprint density at radius 2 is 2.17 bits per heavy atom. The summed E-state index contributed by atoms with van der Waals surface area (Å²) in [6.07, 6.45) is 3.97. The topological polar surface area (TPSA) is 55.1 Å². The Balaban J connectivity index is 2.10. The normalized spacial score (nSPS) is 12.3. The van der Waals surface area contributed by atoms with Gasteiger partial charge in [0.05, 0.1) is 0 Å². The molecule has 0 saturated carbocycles. The molecular formula is C13H14N2O2S. The number of aromatic nitrogens is 2. The Bertz CT molecular complexity index is 525. The van der Waals surface area contributed by atoms with E-state index in [4.69, 9.17) is 0 Å². The number of thioether (sulfide) groups is 1. The zero-order chi connectivity index (χ0) is 13.0. The number of carboxylic acid groups (broad SMARTS) is 1. The first kappa shape index (κ1) is 12.7. The van der Waals surface area contributed by atoms with Crippen LogP contribution in [0, 0.1) is 0 Å². The van der Waals surface area contributed by atoms with E-state index in [0.29, 0.717) is 6.42 Å². The van der Waals surface area contributed by atoms with Crippen molar-refractivity contribution in [3.63, 3.8) is 0 Å². The van der Waals surface area contributed by atoms with E-state index in [9.17, 15) is 9.90 Å². The van der Waals surface area contributed by atoms with E-state index in [1.54, 1.807) is 6.20 Å². The highest BCUT2D eigenvalue weighted by atomic mass is 32.2. The summed E-state index contributed by atoms with van der Waals surface area (Å²) in [5.74, 6) is -0.813. The summed E-state index contributed by atoms with van der Waals surface area (Å²) >= 11 is 1.28. The van der Waals surface area contributed by atoms with Crippen LogP contribution in [0.1, 0.15) is 5.56 Å². The SMILES string of the molecule is Cn1ccnc1SC(Cc1ccccc1)C(=O)O. The first-order valence-corrected chi connectivity index (χ1v) is 6.45. The molecule has 0 aliphatic carbocycles. The van der Waals surface area contributed by atoms with Crippen LogP contribution in [0.15, 0.2) is 47.9 Å². The summed E-state index contributed by atoms with van der Waals surface area (Å²) in [5, 5.41) is 9.47. The second kappa shape index (κ2) is 5.73. The fourth-order valence-corrected chi connectivity index (χ4v) is 2.58. The molecule has 4 nitrogen and oxygen atoms in total. The highest BCUT2D eigenvalue weighted by Gasteiger charge is 2.21. The Morgan fingerprint density at radius 1 is 1.44 bits per heavy atom. The number of nitrogens with zero attached hydrogens (tertiary/aromatic N) is 2. The van der Waals surface area contributed by atoms with Gasteiger partial charge in [0, 0.05) is 19.4 Å².